The first-order valence-corrected chi connectivity index (χ1v) is 11.3. The maximum absolute atomic E-state index is 12.7. The number of piperazine rings is 1. The molecule has 2 aromatic carbocycles. The van der Waals surface area contributed by atoms with Gasteiger partial charge in [-0.3, -0.25) is 9.89 Å². The first kappa shape index (κ1) is 21.3. The third kappa shape index (κ3) is 4.41. The molecule has 31 heavy (non-hydrogen) atoms. The van der Waals surface area contributed by atoms with Crippen molar-refractivity contribution in [3.8, 4) is 0 Å². The zero-order valence-electron chi connectivity index (χ0n) is 16.3. The van der Waals surface area contributed by atoms with Gasteiger partial charge in [0.15, 0.2) is 12.3 Å². The SMILES string of the molecule is O=C(OCC(=O)N1CCN(S(=O)(=O)c2ccc(Cl)cc2)CC1)c1n[nH]c2ccccc12. The van der Waals surface area contributed by atoms with Gasteiger partial charge in [-0.2, -0.15) is 9.40 Å². The molecule has 0 radical (unpaired) electrons. The minimum absolute atomic E-state index is 0.113. The lowest BCUT2D eigenvalue weighted by Crippen LogP contribution is -2.51. The molecule has 1 aromatic heterocycles. The van der Waals surface area contributed by atoms with E-state index in [1.807, 2.05) is 6.07 Å². The topological polar surface area (TPSA) is 113 Å². The summed E-state index contributed by atoms with van der Waals surface area (Å²) in [4.78, 5) is 26.4. The Labute approximate surface area is 183 Å². The number of carbonyl (C=O) groups is 2. The van der Waals surface area contributed by atoms with Crippen LogP contribution in [0.5, 0.6) is 0 Å². The van der Waals surface area contributed by atoms with Gasteiger partial charge in [0, 0.05) is 36.6 Å². The van der Waals surface area contributed by atoms with E-state index in [1.54, 1.807) is 18.2 Å². The maximum atomic E-state index is 12.7. The van der Waals surface area contributed by atoms with Gasteiger partial charge in [0.25, 0.3) is 5.91 Å². The van der Waals surface area contributed by atoms with Crippen LogP contribution in [0.15, 0.2) is 53.4 Å². The number of rotatable bonds is 5. The molecule has 1 N–H and O–H groups in total. The van der Waals surface area contributed by atoms with Gasteiger partial charge >= 0.3 is 5.97 Å². The summed E-state index contributed by atoms with van der Waals surface area (Å²) in [5, 5.41) is 7.75. The second kappa shape index (κ2) is 8.66. The van der Waals surface area contributed by atoms with E-state index in [0.29, 0.717) is 15.9 Å². The first-order chi connectivity index (χ1) is 14.9. The molecular formula is C20H19ClN4O5S. The summed E-state index contributed by atoms with van der Waals surface area (Å²) in [5.74, 6) is -1.09. The summed E-state index contributed by atoms with van der Waals surface area (Å²) in [6, 6.07) is 13.0. The monoisotopic (exact) mass is 462 g/mol. The van der Waals surface area contributed by atoms with Gasteiger partial charge in [0.05, 0.1) is 10.4 Å². The van der Waals surface area contributed by atoms with Gasteiger partial charge in [0.2, 0.25) is 10.0 Å². The van der Waals surface area contributed by atoms with Crippen molar-refractivity contribution in [2.45, 2.75) is 4.90 Å². The summed E-state index contributed by atoms with van der Waals surface area (Å²) in [6.45, 7) is 0.260. The number of ether oxygens (including phenoxy) is 1. The number of nitrogens with zero attached hydrogens (tertiary/aromatic N) is 3. The Morgan fingerprint density at radius 1 is 1.03 bits per heavy atom. The third-order valence-electron chi connectivity index (χ3n) is 5.03. The number of carbonyl (C=O) groups excluding carboxylic acids is 2. The fourth-order valence-corrected chi connectivity index (χ4v) is 4.89. The minimum atomic E-state index is -3.66. The summed E-state index contributed by atoms with van der Waals surface area (Å²) >= 11 is 5.82. The van der Waals surface area contributed by atoms with Gasteiger partial charge in [-0.25, -0.2) is 13.2 Å². The van der Waals surface area contributed by atoms with Gasteiger partial charge in [-0.05, 0) is 30.3 Å². The molecule has 9 nitrogen and oxygen atoms in total. The molecule has 0 saturated carbocycles. The van der Waals surface area contributed by atoms with Crippen molar-refractivity contribution < 1.29 is 22.7 Å². The Morgan fingerprint density at radius 2 is 1.71 bits per heavy atom. The van der Waals surface area contributed by atoms with Gasteiger partial charge in [0.1, 0.15) is 0 Å². The van der Waals surface area contributed by atoms with Crippen LogP contribution >= 0.6 is 11.6 Å². The van der Waals surface area contributed by atoms with Crippen LogP contribution in [-0.4, -0.2) is 72.5 Å². The van der Waals surface area contributed by atoms with Crippen LogP contribution in [0, 0.1) is 0 Å². The number of para-hydroxylation sites is 1. The van der Waals surface area contributed by atoms with Crippen molar-refractivity contribution in [2.24, 2.45) is 0 Å². The average molecular weight is 463 g/mol. The molecule has 11 heteroatoms. The van der Waals surface area contributed by atoms with E-state index < -0.39 is 28.5 Å². The number of benzene rings is 2. The molecule has 0 unspecified atom stereocenters. The molecular weight excluding hydrogens is 444 g/mol. The van der Waals surface area contributed by atoms with Crippen LogP contribution in [0.4, 0.5) is 0 Å². The lowest BCUT2D eigenvalue weighted by atomic mass is 10.2. The molecule has 4 rings (SSSR count). The van der Waals surface area contributed by atoms with Crippen molar-refractivity contribution in [2.75, 3.05) is 32.8 Å². The number of amides is 1. The molecule has 1 aliphatic heterocycles. The van der Waals surface area contributed by atoms with E-state index in [2.05, 4.69) is 10.2 Å². The number of nitrogens with one attached hydrogen (secondary N) is 1. The first-order valence-electron chi connectivity index (χ1n) is 9.50. The average Bonchev–Trinajstić information content (AvgIpc) is 3.22. The van der Waals surface area contributed by atoms with Gasteiger partial charge in [-0.1, -0.05) is 29.8 Å². The number of H-pyrrole nitrogens is 1. The fourth-order valence-electron chi connectivity index (χ4n) is 3.34. The number of esters is 1. The lowest BCUT2D eigenvalue weighted by Gasteiger charge is -2.33. The van der Waals surface area contributed by atoms with E-state index >= 15 is 0 Å². The minimum Gasteiger partial charge on any atom is -0.451 e. The van der Waals surface area contributed by atoms with E-state index in [4.69, 9.17) is 16.3 Å². The largest absolute Gasteiger partial charge is 0.451 e. The fraction of sp³-hybridized carbons (Fsp3) is 0.250. The van der Waals surface area contributed by atoms with Gasteiger partial charge < -0.3 is 9.64 Å². The van der Waals surface area contributed by atoms with E-state index in [-0.39, 0.29) is 36.8 Å². The molecule has 3 aromatic rings. The second-order valence-corrected chi connectivity index (χ2v) is 9.31. The molecule has 0 atom stereocenters. The quantitative estimate of drug-likeness (QED) is 0.579. The number of aromatic nitrogens is 2. The van der Waals surface area contributed by atoms with Crippen LogP contribution < -0.4 is 0 Å². The normalized spacial score (nSPS) is 15.2. The van der Waals surface area contributed by atoms with Gasteiger partial charge in [-0.15, -0.1) is 0 Å². The molecule has 2 heterocycles. The zero-order chi connectivity index (χ0) is 22.0. The van der Waals surface area contributed by atoms with Crippen molar-refractivity contribution in [3.05, 3.63) is 59.2 Å². The van der Waals surface area contributed by atoms with Crippen molar-refractivity contribution in [1.82, 2.24) is 19.4 Å². The smallest absolute Gasteiger partial charge is 0.359 e. The molecule has 1 saturated heterocycles. The summed E-state index contributed by atoms with van der Waals surface area (Å²) in [6.07, 6.45) is 0. The molecule has 162 valence electrons. The van der Waals surface area contributed by atoms with E-state index in [9.17, 15) is 18.0 Å². The van der Waals surface area contributed by atoms with Crippen molar-refractivity contribution >= 4 is 44.4 Å². The highest BCUT2D eigenvalue weighted by Crippen LogP contribution is 2.20. The highest BCUT2D eigenvalue weighted by Gasteiger charge is 2.30. The summed E-state index contributed by atoms with van der Waals surface area (Å²) in [7, 11) is -3.66. The zero-order valence-corrected chi connectivity index (χ0v) is 17.9. The molecule has 0 spiro atoms. The van der Waals surface area contributed by atoms with Crippen LogP contribution in [0.2, 0.25) is 5.02 Å². The summed E-state index contributed by atoms with van der Waals surface area (Å²) < 4.78 is 31.9. The standard InChI is InChI=1S/C20H19ClN4O5S/c21-14-5-7-15(8-6-14)31(28,29)25-11-9-24(10-12-25)18(26)13-30-20(27)19-16-3-1-2-4-17(16)22-23-19/h1-8H,9-13H2,(H,22,23). The lowest BCUT2D eigenvalue weighted by molar-refractivity contribution is -0.135. The Hall–Kier alpha value is -2.95. The predicted molar refractivity (Wildman–Crippen MR) is 113 cm³/mol. The maximum Gasteiger partial charge on any atom is 0.359 e. The number of halogens is 1. The molecule has 0 aliphatic carbocycles. The Balaban J connectivity index is 1.32. The Morgan fingerprint density at radius 3 is 2.42 bits per heavy atom. The molecule has 1 aliphatic rings. The second-order valence-electron chi connectivity index (χ2n) is 6.93. The highest BCUT2D eigenvalue weighted by atomic mass is 35.5. The van der Waals surface area contributed by atoms with Crippen LogP contribution in [0.3, 0.4) is 0 Å². The molecule has 0 bridgehead atoms. The number of fused-ring (bicyclic) bond motifs is 1. The number of hydrogen-bond acceptors (Lipinski definition) is 6. The van der Waals surface area contributed by atoms with Crippen LogP contribution in [0.25, 0.3) is 10.9 Å². The molecule has 1 fully saturated rings. The van der Waals surface area contributed by atoms with Crippen LogP contribution in [0.1, 0.15) is 10.5 Å². The van der Waals surface area contributed by atoms with E-state index in [0.717, 1.165) is 0 Å². The van der Waals surface area contributed by atoms with Crippen molar-refractivity contribution in [1.29, 1.82) is 0 Å². The number of sulfonamides is 1. The number of hydrogen-bond donors (Lipinski definition) is 1. The van der Waals surface area contributed by atoms with E-state index in [1.165, 1.54) is 33.5 Å². The Kier molecular flexibility index (Phi) is 5.94. The van der Waals surface area contributed by atoms with Crippen molar-refractivity contribution in [3.63, 3.8) is 0 Å². The highest BCUT2D eigenvalue weighted by molar-refractivity contribution is 7.89. The molecule has 1 amide bonds. The Bertz CT molecular complexity index is 1220. The predicted octanol–water partition coefficient (Wildman–Crippen LogP) is 1.91. The third-order valence-corrected chi connectivity index (χ3v) is 7.20. The number of aromatic amines is 1. The summed E-state index contributed by atoms with van der Waals surface area (Å²) in [5.41, 5.74) is 0.807. The van der Waals surface area contributed by atoms with Crippen LogP contribution in [-0.2, 0) is 19.6 Å².